The first-order valence-electron chi connectivity index (χ1n) is 6.60. The molecule has 0 fully saturated rings. The molecule has 14 heavy (non-hydrogen) atoms. The van der Waals surface area contributed by atoms with Crippen LogP contribution in [-0.4, -0.2) is 22.0 Å². The van der Waals surface area contributed by atoms with E-state index in [-0.39, 0.29) is 0 Å². The highest BCUT2D eigenvalue weighted by Crippen LogP contribution is 2.25. The number of rotatable bonds is 8. The first kappa shape index (κ1) is 14.2. The van der Waals surface area contributed by atoms with Crippen LogP contribution in [0.25, 0.3) is 0 Å². The van der Waals surface area contributed by atoms with E-state index >= 15 is 0 Å². The van der Waals surface area contributed by atoms with Gasteiger partial charge in [0.2, 0.25) is 0 Å². The van der Waals surface area contributed by atoms with Crippen LogP contribution in [0.15, 0.2) is 0 Å². The molecule has 0 radical (unpaired) electrons. The fourth-order valence-corrected chi connectivity index (χ4v) is 2.09. The molecule has 0 aromatic heterocycles. The normalized spacial score (nSPS) is 15.2. The van der Waals surface area contributed by atoms with Crippen LogP contribution < -0.4 is 0 Å². The Hall–Kier alpha value is 0.195. The Kier molecular flexibility index (Phi) is 8.62. The van der Waals surface area contributed by atoms with Gasteiger partial charge in [-0.1, -0.05) is 59.2 Å². The van der Waals surface area contributed by atoms with Gasteiger partial charge in [-0.15, -0.1) is 0 Å². The van der Waals surface area contributed by atoms with Crippen LogP contribution in [0.3, 0.4) is 0 Å². The summed E-state index contributed by atoms with van der Waals surface area (Å²) >= 11 is 0. The van der Waals surface area contributed by atoms with E-state index < -0.39 is 0 Å². The highest BCUT2D eigenvalue weighted by Gasteiger charge is 2.12. The van der Waals surface area contributed by atoms with Gasteiger partial charge in [0.15, 0.2) is 0 Å². The van der Waals surface area contributed by atoms with Gasteiger partial charge >= 0.3 is 0 Å². The SMILES string of the molecule is BBBC(CCC(C)C)CC(C)CC. The third-order valence-electron chi connectivity index (χ3n) is 3.28. The van der Waals surface area contributed by atoms with Gasteiger partial charge in [-0.2, -0.15) is 0 Å². The average Bonchev–Trinajstić information content (AvgIpc) is 2.14. The molecule has 2 unspecified atom stereocenters. The summed E-state index contributed by atoms with van der Waals surface area (Å²) in [5.74, 6) is 2.81. The summed E-state index contributed by atoms with van der Waals surface area (Å²) in [5.41, 5.74) is 0. The highest BCUT2D eigenvalue weighted by atomic mass is 14.1. The maximum absolute atomic E-state index is 2.40. The fraction of sp³-hybridized carbons (Fsp3) is 1.00. The summed E-state index contributed by atoms with van der Waals surface area (Å²) in [6, 6.07) is 0. The Bertz CT molecular complexity index is 126. The van der Waals surface area contributed by atoms with Crippen molar-refractivity contribution < 1.29 is 0 Å². The van der Waals surface area contributed by atoms with E-state index in [9.17, 15) is 0 Å². The topological polar surface area (TPSA) is 0 Å². The van der Waals surface area contributed by atoms with E-state index in [1.165, 1.54) is 39.9 Å². The maximum atomic E-state index is 2.40. The molecule has 0 nitrogen and oxygen atoms in total. The summed E-state index contributed by atoms with van der Waals surface area (Å²) in [4.78, 5) is 0. The van der Waals surface area contributed by atoms with E-state index in [0.717, 1.165) is 17.7 Å². The average molecular weight is 192 g/mol. The van der Waals surface area contributed by atoms with Crippen molar-refractivity contribution in [2.45, 2.75) is 59.2 Å². The zero-order valence-electron chi connectivity index (χ0n) is 11.0. The Morgan fingerprint density at radius 1 is 1.14 bits per heavy atom. The molecular weight excluding hydrogens is 165 g/mol. The van der Waals surface area contributed by atoms with Crippen molar-refractivity contribution in [3.05, 3.63) is 0 Å². The summed E-state index contributed by atoms with van der Waals surface area (Å²) in [5, 5.41) is 0. The highest BCUT2D eigenvalue weighted by molar-refractivity contribution is 7.24. The van der Waals surface area contributed by atoms with Crippen LogP contribution in [-0.2, 0) is 0 Å². The zero-order chi connectivity index (χ0) is 11.0. The van der Waals surface area contributed by atoms with E-state index in [0.29, 0.717) is 0 Å². The molecule has 0 amide bonds. The third kappa shape index (κ3) is 7.58. The quantitative estimate of drug-likeness (QED) is 0.515. The van der Waals surface area contributed by atoms with Crippen LogP contribution in [0.2, 0.25) is 5.82 Å². The second-order valence-electron chi connectivity index (χ2n) is 5.38. The first-order valence-corrected chi connectivity index (χ1v) is 6.60. The van der Waals surface area contributed by atoms with Crippen LogP contribution >= 0.6 is 0 Å². The van der Waals surface area contributed by atoms with Crippen LogP contribution in [0.4, 0.5) is 0 Å². The molecule has 0 heterocycles. The molecule has 0 saturated heterocycles. The molecule has 0 aromatic rings. The van der Waals surface area contributed by atoms with Gasteiger partial charge in [0, 0.05) is 0 Å². The Balaban J connectivity index is 3.76. The van der Waals surface area contributed by atoms with E-state index in [2.05, 4.69) is 35.4 Å². The molecule has 0 bridgehead atoms. The lowest BCUT2D eigenvalue weighted by molar-refractivity contribution is 0.453. The minimum absolute atomic E-state index is 0.881. The van der Waals surface area contributed by atoms with Crippen molar-refractivity contribution in [1.29, 1.82) is 0 Å². The van der Waals surface area contributed by atoms with Gasteiger partial charge in [-0.05, 0) is 11.8 Å². The van der Waals surface area contributed by atoms with E-state index in [4.69, 9.17) is 0 Å². The van der Waals surface area contributed by atoms with Crippen LogP contribution in [0.5, 0.6) is 0 Å². The van der Waals surface area contributed by atoms with Gasteiger partial charge in [-0.3, -0.25) is 0 Å². The molecule has 2 atom stereocenters. The monoisotopic (exact) mass is 192 g/mol. The van der Waals surface area contributed by atoms with Gasteiger partial charge in [0.1, 0.15) is 0 Å². The van der Waals surface area contributed by atoms with Gasteiger partial charge < -0.3 is 0 Å². The van der Waals surface area contributed by atoms with Crippen molar-refractivity contribution in [1.82, 2.24) is 0 Å². The van der Waals surface area contributed by atoms with E-state index in [1.54, 1.807) is 0 Å². The number of hydrogen-bond donors (Lipinski definition) is 0. The number of hydrogen-bond acceptors (Lipinski definition) is 0. The molecule has 0 rings (SSSR count). The lowest BCUT2D eigenvalue weighted by atomic mass is 9.23. The predicted octanol–water partition coefficient (Wildman–Crippen LogP) is 1.98. The maximum Gasteiger partial charge on any atom is 0.0819 e. The van der Waals surface area contributed by atoms with Crippen molar-refractivity contribution in [3.8, 4) is 0 Å². The summed E-state index contributed by atoms with van der Waals surface area (Å²) in [6.45, 7) is 9.40. The second-order valence-corrected chi connectivity index (χ2v) is 5.38. The van der Waals surface area contributed by atoms with Crippen LogP contribution in [0.1, 0.15) is 53.4 Å². The lowest BCUT2D eigenvalue weighted by Crippen LogP contribution is -2.15. The van der Waals surface area contributed by atoms with Gasteiger partial charge in [0.25, 0.3) is 0 Å². The minimum Gasteiger partial charge on any atom is -0.0738 e. The second kappa shape index (κ2) is 8.50. The van der Waals surface area contributed by atoms with Crippen LogP contribution in [0, 0.1) is 11.8 Å². The molecular formula is C11H27B3. The van der Waals surface area contributed by atoms with Crippen molar-refractivity contribution in [2.24, 2.45) is 11.8 Å². The minimum atomic E-state index is 0.881. The lowest BCUT2D eigenvalue weighted by Gasteiger charge is -2.20. The third-order valence-corrected chi connectivity index (χ3v) is 3.28. The van der Waals surface area contributed by atoms with Gasteiger partial charge in [0.05, 0.1) is 22.0 Å². The molecule has 80 valence electrons. The van der Waals surface area contributed by atoms with E-state index in [1.807, 2.05) is 0 Å². The first-order chi connectivity index (χ1) is 6.60. The molecule has 3 heteroatoms. The van der Waals surface area contributed by atoms with Crippen molar-refractivity contribution in [3.63, 3.8) is 0 Å². The summed E-state index contributed by atoms with van der Waals surface area (Å²) < 4.78 is 0. The van der Waals surface area contributed by atoms with Crippen molar-refractivity contribution in [2.75, 3.05) is 0 Å². The molecule has 0 N–H and O–H groups in total. The molecule has 0 aliphatic heterocycles. The Morgan fingerprint density at radius 2 is 1.79 bits per heavy atom. The molecule has 0 aliphatic carbocycles. The smallest absolute Gasteiger partial charge is 0.0738 e. The molecule has 0 aromatic carbocycles. The molecule has 0 saturated carbocycles. The standard InChI is InChI=1S/C11H27B3/c1-5-10(4)8-11(13-14-12)7-6-9(2)3/h9-11,13-14H,5-8,12H2,1-4H3. The Labute approximate surface area is 93.5 Å². The predicted molar refractivity (Wildman–Crippen MR) is 74.7 cm³/mol. The zero-order valence-corrected chi connectivity index (χ0v) is 11.0. The summed E-state index contributed by atoms with van der Waals surface area (Å²) in [7, 11) is 5.12. The molecule has 0 aliphatic rings. The summed E-state index contributed by atoms with van der Waals surface area (Å²) in [6.07, 6.45) is 5.68. The Morgan fingerprint density at radius 3 is 2.21 bits per heavy atom. The fourth-order valence-electron chi connectivity index (χ4n) is 2.09. The van der Waals surface area contributed by atoms with Gasteiger partial charge in [-0.25, -0.2) is 0 Å². The largest absolute Gasteiger partial charge is 0.0819 e. The molecule has 0 spiro atoms. The van der Waals surface area contributed by atoms with Crippen molar-refractivity contribution >= 4 is 22.0 Å².